The van der Waals surface area contributed by atoms with Crippen molar-refractivity contribution in [3.8, 4) is 0 Å². The molecule has 0 aromatic carbocycles. The predicted molar refractivity (Wildman–Crippen MR) is 66.0 cm³/mol. The number of rotatable bonds is 3. The van der Waals surface area contributed by atoms with E-state index in [1.54, 1.807) is 12.3 Å². The molecule has 0 aliphatic heterocycles. The van der Waals surface area contributed by atoms with Crippen LogP contribution < -0.4 is 5.32 Å². The Bertz CT molecular complexity index is 605. The van der Waals surface area contributed by atoms with Gasteiger partial charge >= 0.3 is 5.69 Å². The maximum atomic E-state index is 10.9. The molecule has 0 spiro atoms. The Morgan fingerprint density at radius 3 is 2.78 bits per heavy atom. The fourth-order valence-electron chi connectivity index (χ4n) is 1.34. The maximum Gasteiger partial charge on any atom is 0.348 e. The van der Waals surface area contributed by atoms with E-state index < -0.39 is 4.92 Å². The number of halogens is 1. The van der Waals surface area contributed by atoms with Crippen molar-refractivity contribution in [1.82, 2.24) is 15.0 Å². The molecule has 18 heavy (non-hydrogen) atoms. The summed E-state index contributed by atoms with van der Waals surface area (Å²) in [5.41, 5.74) is 0.464. The number of anilines is 2. The number of nitrogens with zero attached hydrogens (tertiary/aromatic N) is 4. The summed E-state index contributed by atoms with van der Waals surface area (Å²) in [6, 6.07) is 3.59. The highest BCUT2D eigenvalue weighted by atomic mass is 35.5. The van der Waals surface area contributed by atoms with Gasteiger partial charge in [-0.05, 0) is 18.6 Å². The lowest BCUT2D eigenvalue weighted by atomic mass is 10.3. The number of hydrogen-bond acceptors (Lipinski definition) is 6. The number of nitrogens with one attached hydrogen (secondary N) is 1. The van der Waals surface area contributed by atoms with E-state index in [0.717, 1.165) is 11.9 Å². The van der Waals surface area contributed by atoms with Crippen LogP contribution in [0.15, 0.2) is 24.7 Å². The highest BCUT2D eigenvalue weighted by Crippen LogP contribution is 2.30. The van der Waals surface area contributed by atoms with Crippen molar-refractivity contribution in [3.05, 3.63) is 45.5 Å². The van der Waals surface area contributed by atoms with Crippen molar-refractivity contribution in [3.63, 3.8) is 0 Å². The Hall–Kier alpha value is -2.28. The van der Waals surface area contributed by atoms with Gasteiger partial charge in [0.25, 0.3) is 0 Å². The number of nitro groups is 1. The molecule has 0 saturated heterocycles. The molecule has 0 fully saturated rings. The summed E-state index contributed by atoms with van der Waals surface area (Å²) in [6.07, 6.45) is 2.72. The molecule has 0 saturated carbocycles. The second kappa shape index (κ2) is 4.92. The third-order valence-corrected chi connectivity index (χ3v) is 2.48. The van der Waals surface area contributed by atoms with E-state index in [2.05, 4.69) is 20.3 Å². The van der Waals surface area contributed by atoms with Gasteiger partial charge in [0.15, 0.2) is 0 Å². The first-order chi connectivity index (χ1) is 8.59. The van der Waals surface area contributed by atoms with Gasteiger partial charge in [0.05, 0.1) is 4.92 Å². The average Bonchev–Trinajstić information content (AvgIpc) is 2.31. The lowest BCUT2D eigenvalue weighted by molar-refractivity contribution is -0.384. The van der Waals surface area contributed by atoms with E-state index in [4.69, 9.17) is 11.6 Å². The van der Waals surface area contributed by atoms with Crippen LogP contribution in [0.4, 0.5) is 17.3 Å². The van der Waals surface area contributed by atoms with Crippen molar-refractivity contribution in [2.24, 2.45) is 0 Å². The summed E-state index contributed by atoms with van der Waals surface area (Å²) < 4.78 is 0. The van der Waals surface area contributed by atoms with Crippen molar-refractivity contribution in [2.45, 2.75) is 6.92 Å². The van der Waals surface area contributed by atoms with Crippen LogP contribution in [0, 0.1) is 17.0 Å². The van der Waals surface area contributed by atoms with Gasteiger partial charge in [-0.15, -0.1) is 0 Å². The molecule has 8 heteroatoms. The Morgan fingerprint density at radius 2 is 2.11 bits per heavy atom. The van der Waals surface area contributed by atoms with E-state index in [1.165, 1.54) is 0 Å². The van der Waals surface area contributed by atoms with E-state index in [9.17, 15) is 10.1 Å². The van der Waals surface area contributed by atoms with Gasteiger partial charge in [-0.1, -0.05) is 17.7 Å². The van der Waals surface area contributed by atoms with Crippen molar-refractivity contribution >= 4 is 28.9 Å². The number of pyridine rings is 1. The Labute approximate surface area is 107 Å². The standard InChI is InChI=1S/C10H8ClN5O2/c1-6-3-2-4-12-9(6)15-10-7(16(17)18)8(11)13-5-14-10/h2-5H,1H3,(H,12,13,14,15). The molecular weight excluding hydrogens is 258 g/mol. The Kier molecular flexibility index (Phi) is 3.33. The predicted octanol–water partition coefficient (Wildman–Crippen LogP) is 2.49. The topological polar surface area (TPSA) is 93.8 Å². The molecule has 0 unspecified atom stereocenters. The number of hydrogen-bond donors (Lipinski definition) is 1. The average molecular weight is 266 g/mol. The van der Waals surface area contributed by atoms with Crippen LogP contribution in [-0.4, -0.2) is 19.9 Å². The first-order valence-electron chi connectivity index (χ1n) is 4.93. The molecule has 0 radical (unpaired) electrons. The van der Waals surface area contributed by atoms with Crippen molar-refractivity contribution < 1.29 is 4.92 Å². The number of aryl methyl sites for hydroxylation is 1. The van der Waals surface area contributed by atoms with Gasteiger partial charge in [-0.3, -0.25) is 10.1 Å². The lowest BCUT2D eigenvalue weighted by Gasteiger charge is -2.07. The number of aromatic nitrogens is 3. The third kappa shape index (κ3) is 2.35. The summed E-state index contributed by atoms with van der Waals surface area (Å²) in [6.45, 7) is 1.82. The second-order valence-corrected chi connectivity index (χ2v) is 3.77. The summed E-state index contributed by atoms with van der Waals surface area (Å²) in [5.74, 6) is 0.497. The van der Waals surface area contributed by atoms with E-state index in [1.807, 2.05) is 13.0 Å². The van der Waals surface area contributed by atoms with Gasteiger partial charge in [0, 0.05) is 6.20 Å². The molecule has 0 aliphatic carbocycles. The largest absolute Gasteiger partial charge is 0.348 e. The Morgan fingerprint density at radius 1 is 1.33 bits per heavy atom. The zero-order chi connectivity index (χ0) is 13.1. The molecule has 92 valence electrons. The van der Waals surface area contributed by atoms with Gasteiger partial charge in [-0.25, -0.2) is 15.0 Å². The van der Waals surface area contributed by atoms with Crippen molar-refractivity contribution in [1.29, 1.82) is 0 Å². The maximum absolute atomic E-state index is 10.9. The van der Waals surface area contributed by atoms with Gasteiger partial charge in [-0.2, -0.15) is 0 Å². The third-order valence-electron chi connectivity index (χ3n) is 2.21. The van der Waals surface area contributed by atoms with Crippen LogP contribution in [0.5, 0.6) is 0 Å². The quantitative estimate of drug-likeness (QED) is 0.520. The molecule has 0 bridgehead atoms. The van der Waals surface area contributed by atoms with Crippen LogP contribution in [-0.2, 0) is 0 Å². The molecule has 2 aromatic rings. The first kappa shape index (κ1) is 12.2. The van der Waals surface area contributed by atoms with Gasteiger partial charge in [0.2, 0.25) is 11.0 Å². The second-order valence-electron chi connectivity index (χ2n) is 3.41. The normalized spacial score (nSPS) is 10.1. The minimum Gasteiger partial charge on any atom is -0.319 e. The molecule has 2 aromatic heterocycles. The zero-order valence-electron chi connectivity index (χ0n) is 9.29. The zero-order valence-corrected chi connectivity index (χ0v) is 10.0. The first-order valence-corrected chi connectivity index (χ1v) is 5.31. The SMILES string of the molecule is Cc1cccnc1Nc1ncnc(Cl)c1[N+](=O)[O-]. The minimum absolute atomic E-state index is 0.0156. The summed E-state index contributed by atoms with van der Waals surface area (Å²) in [7, 11) is 0. The van der Waals surface area contributed by atoms with Gasteiger partial charge in [0.1, 0.15) is 12.1 Å². The molecule has 7 nitrogen and oxygen atoms in total. The molecule has 2 rings (SSSR count). The lowest BCUT2D eigenvalue weighted by Crippen LogP contribution is -2.03. The van der Waals surface area contributed by atoms with Crippen LogP contribution in [0.25, 0.3) is 0 Å². The van der Waals surface area contributed by atoms with Crippen LogP contribution in [0.2, 0.25) is 5.15 Å². The molecule has 0 amide bonds. The van der Waals surface area contributed by atoms with E-state index in [-0.39, 0.29) is 16.7 Å². The highest BCUT2D eigenvalue weighted by Gasteiger charge is 2.22. The van der Waals surface area contributed by atoms with Crippen molar-refractivity contribution in [2.75, 3.05) is 5.32 Å². The smallest absolute Gasteiger partial charge is 0.319 e. The summed E-state index contributed by atoms with van der Waals surface area (Å²) in [4.78, 5) is 21.7. The van der Waals surface area contributed by atoms with Crippen LogP contribution >= 0.6 is 11.6 Å². The van der Waals surface area contributed by atoms with Crippen LogP contribution in [0.3, 0.4) is 0 Å². The van der Waals surface area contributed by atoms with Crippen LogP contribution in [0.1, 0.15) is 5.56 Å². The van der Waals surface area contributed by atoms with E-state index >= 15 is 0 Å². The minimum atomic E-state index is -0.636. The molecule has 0 atom stereocenters. The molecule has 1 N–H and O–H groups in total. The fraction of sp³-hybridized carbons (Fsp3) is 0.100. The Balaban J connectivity index is 2.44. The molecule has 0 aliphatic rings. The summed E-state index contributed by atoms with van der Waals surface area (Å²) in [5, 5.41) is 13.5. The monoisotopic (exact) mass is 265 g/mol. The molecular formula is C10H8ClN5O2. The van der Waals surface area contributed by atoms with Gasteiger partial charge < -0.3 is 5.32 Å². The highest BCUT2D eigenvalue weighted by molar-refractivity contribution is 6.31. The fourth-order valence-corrected chi connectivity index (χ4v) is 1.54. The van der Waals surface area contributed by atoms with E-state index in [0.29, 0.717) is 5.82 Å². The molecule has 2 heterocycles. The summed E-state index contributed by atoms with van der Waals surface area (Å²) >= 11 is 5.68.